The highest BCUT2D eigenvalue weighted by atomic mass is 32.2. The maximum absolute atomic E-state index is 12.7. The van der Waals surface area contributed by atoms with Crippen LogP contribution in [0.3, 0.4) is 0 Å². The first kappa shape index (κ1) is 19.9. The Morgan fingerprint density at radius 3 is 2.30 bits per heavy atom. The molecular weight excluding hydrogens is 360 g/mol. The number of hydrogen-bond acceptors (Lipinski definition) is 4. The van der Waals surface area contributed by atoms with E-state index in [0.717, 1.165) is 42.9 Å². The number of methoxy groups -OCH3 is 1. The van der Waals surface area contributed by atoms with Gasteiger partial charge in [-0.3, -0.25) is 0 Å². The molecule has 0 saturated carbocycles. The van der Waals surface area contributed by atoms with E-state index in [9.17, 15) is 8.42 Å². The average Bonchev–Trinajstić information content (AvgIpc) is 2.68. The van der Waals surface area contributed by atoms with Crippen molar-refractivity contribution in [3.8, 4) is 5.75 Å². The number of ether oxygens (including phenoxy) is 1. The highest BCUT2D eigenvalue weighted by molar-refractivity contribution is 7.88. The van der Waals surface area contributed by atoms with Gasteiger partial charge in [0.15, 0.2) is 0 Å². The largest absolute Gasteiger partial charge is 0.496 e. The molecule has 3 rings (SSSR count). The van der Waals surface area contributed by atoms with Gasteiger partial charge in [-0.15, -0.1) is 0 Å². The highest BCUT2D eigenvalue weighted by Gasteiger charge is 2.27. The summed E-state index contributed by atoms with van der Waals surface area (Å²) in [6.07, 6.45) is 0.903. The molecule has 0 bridgehead atoms. The zero-order valence-electron chi connectivity index (χ0n) is 16.1. The summed E-state index contributed by atoms with van der Waals surface area (Å²) in [5.74, 6) is 0.992. The zero-order valence-corrected chi connectivity index (χ0v) is 16.9. The summed E-state index contributed by atoms with van der Waals surface area (Å²) >= 11 is 0. The maximum atomic E-state index is 12.7. The number of hydrogen-bond donors (Lipinski definition) is 0. The molecule has 2 aromatic rings. The van der Waals surface area contributed by atoms with Crippen LogP contribution < -0.4 is 4.74 Å². The average molecular weight is 389 g/mol. The Morgan fingerprint density at radius 1 is 0.963 bits per heavy atom. The van der Waals surface area contributed by atoms with Gasteiger partial charge in [-0.05, 0) is 30.5 Å². The molecule has 0 atom stereocenters. The molecule has 0 N–H and O–H groups in total. The summed E-state index contributed by atoms with van der Waals surface area (Å²) in [5.41, 5.74) is 3.17. The van der Waals surface area contributed by atoms with Crippen molar-refractivity contribution in [3.05, 3.63) is 65.2 Å². The van der Waals surface area contributed by atoms with Crippen LogP contribution in [0.15, 0.2) is 48.5 Å². The number of benzene rings is 2. The summed E-state index contributed by atoms with van der Waals surface area (Å²) in [7, 11) is -1.57. The van der Waals surface area contributed by atoms with Gasteiger partial charge in [0, 0.05) is 32.7 Å². The Bertz CT molecular complexity index is 842. The Balaban J connectivity index is 1.51. The molecule has 27 heavy (non-hydrogen) atoms. The number of aryl methyl sites for hydroxylation is 1. The Kier molecular flexibility index (Phi) is 6.52. The van der Waals surface area contributed by atoms with Gasteiger partial charge in [-0.2, -0.15) is 4.31 Å². The molecule has 0 aromatic heterocycles. The van der Waals surface area contributed by atoms with E-state index in [4.69, 9.17) is 4.74 Å². The van der Waals surface area contributed by atoms with E-state index in [1.54, 1.807) is 11.4 Å². The standard InChI is InChI=1S/C21H28N2O3S/c1-18-7-9-19(10-8-18)17-27(24,25)23-15-13-22(14-16-23)12-11-20-5-3-4-6-21(20)26-2/h3-10H,11-17H2,1-2H3. The van der Waals surface area contributed by atoms with Crippen molar-refractivity contribution in [3.63, 3.8) is 0 Å². The third-order valence-corrected chi connectivity index (χ3v) is 6.93. The lowest BCUT2D eigenvalue weighted by Gasteiger charge is -2.34. The van der Waals surface area contributed by atoms with E-state index in [1.807, 2.05) is 49.4 Å². The molecule has 1 heterocycles. The molecule has 5 nitrogen and oxygen atoms in total. The third-order valence-electron chi connectivity index (χ3n) is 5.08. The second-order valence-corrected chi connectivity index (χ2v) is 9.01. The van der Waals surface area contributed by atoms with Crippen molar-refractivity contribution < 1.29 is 13.2 Å². The number of piperazine rings is 1. The third kappa shape index (κ3) is 5.31. The van der Waals surface area contributed by atoms with Crippen LogP contribution in [0.5, 0.6) is 5.75 Å². The minimum absolute atomic E-state index is 0.0779. The van der Waals surface area contributed by atoms with Gasteiger partial charge in [0.2, 0.25) is 10.0 Å². The minimum atomic E-state index is -3.26. The molecular formula is C21H28N2O3S. The first-order valence-electron chi connectivity index (χ1n) is 9.35. The first-order valence-corrected chi connectivity index (χ1v) is 11.0. The number of nitrogens with zero attached hydrogens (tertiary/aromatic N) is 2. The number of rotatable bonds is 7. The van der Waals surface area contributed by atoms with Gasteiger partial charge in [-0.1, -0.05) is 48.0 Å². The minimum Gasteiger partial charge on any atom is -0.496 e. The Morgan fingerprint density at radius 2 is 1.63 bits per heavy atom. The van der Waals surface area contributed by atoms with Crippen LogP contribution in [-0.4, -0.2) is 57.5 Å². The number of sulfonamides is 1. The molecule has 2 aromatic carbocycles. The van der Waals surface area contributed by atoms with Crippen LogP contribution in [0.25, 0.3) is 0 Å². The van der Waals surface area contributed by atoms with Crippen LogP contribution in [0.2, 0.25) is 0 Å². The quantitative estimate of drug-likeness (QED) is 0.732. The topological polar surface area (TPSA) is 49.9 Å². The lowest BCUT2D eigenvalue weighted by Crippen LogP contribution is -2.49. The van der Waals surface area contributed by atoms with E-state index in [1.165, 1.54) is 5.56 Å². The van der Waals surface area contributed by atoms with Crippen LogP contribution in [0, 0.1) is 6.92 Å². The van der Waals surface area contributed by atoms with Gasteiger partial charge in [0.25, 0.3) is 0 Å². The second kappa shape index (κ2) is 8.87. The van der Waals surface area contributed by atoms with E-state index >= 15 is 0 Å². The Labute approximate surface area is 162 Å². The van der Waals surface area contributed by atoms with E-state index in [2.05, 4.69) is 11.0 Å². The lowest BCUT2D eigenvalue weighted by atomic mass is 10.1. The van der Waals surface area contributed by atoms with Crippen molar-refractivity contribution in [1.82, 2.24) is 9.21 Å². The van der Waals surface area contributed by atoms with Crippen molar-refractivity contribution in [1.29, 1.82) is 0 Å². The molecule has 0 aliphatic carbocycles. The fourth-order valence-electron chi connectivity index (χ4n) is 3.41. The smallest absolute Gasteiger partial charge is 0.218 e. The van der Waals surface area contributed by atoms with Crippen LogP contribution in [0.1, 0.15) is 16.7 Å². The monoisotopic (exact) mass is 388 g/mol. The van der Waals surface area contributed by atoms with Crippen molar-refractivity contribution in [2.75, 3.05) is 39.8 Å². The van der Waals surface area contributed by atoms with Gasteiger partial charge >= 0.3 is 0 Å². The van der Waals surface area contributed by atoms with Crippen molar-refractivity contribution >= 4 is 10.0 Å². The molecule has 0 spiro atoms. The predicted molar refractivity (Wildman–Crippen MR) is 109 cm³/mol. The van der Waals surface area contributed by atoms with Gasteiger partial charge in [-0.25, -0.2) is 8.42 Å². The summed E-state index contributed by atoms with van der Waals surface area (Å²) in [5, 5.41) is 0. The molecule has 6 heteroatoms. The summed E-state index contributed by atoms with van der Waals surface area (Å²) in [6.45, 7) is 5.56. The lowest BCUT2D eigenvalue weighted by molar-refractivity contribution is 0.189. The summed E-state index contributed by atoms with van der Waals surface area (Å²) in [4.78, 5) is 2.32. The first-order chi connectivity index (χ1) is 13.0. The van der Waals surface area contributed by atoms with Crippen molar-refractivity contribution in [2.24, 2.45) is 0 Å². The van der Waals surface area contributed by atoms with E-state index in [-0.39, 0.29) is 5.75 Å². The zero-order chi connectivity index (χ0) is 19.3. The SMILES string of the molecule is COc1ccccc1CCN1CCN(S(=O)(=O)Cc2ccc(C)cc2)CC1. The molecule has 146 valence electrons. The molecule has 0 radical (unpaired) electrons. The van der Waals surface area contributed by atoms with Crippen LogP contribution in [0.4, 0.5) is 0 Å². The number of para-hydroxylation sites is 1. The van der Waals surface area contributed by atoms with Crippen LogP contribution >= 0.6 is 0 Å². The molecule has 1 fully saturated rings. The molecule has 0 amide bonds. The second-order valence-electron chi connectivity index (χ2n) is 7.04. The highest BCUT2D eigenvalue weighted by Crippen LogP contribution is 2.19. The normalized spacial score (nSPS) is 16.4. The molecule has 1 aliphatic rings. The van der Waals surface area contributed by atoms with E-state index < -0.39 is 10.0 Å². The maximum Gasteiger partial charge on any atom is 0.218 e. The predicted octanol–water partition coefficient (Wildman–Crippen LogP) is 2.69. The van der Waals surface area contributed by atoms with Gasteiger partial charge in [0.05, 0.1) is 12.9 Å². The molecule has 0 unspecified atom stereocenters. The molecule has 1 saturated heterocycles. The van der Waals surface area contributed by atoms with Crippen molar-refractivity contribution in [2.45, 2.75) is 19.1 Å². The molecule has 1 aliphatic heterocycles. The fraction of sp³-hybridized carbons (Fsp3) is 0.429. The van der Waals surface area contributed by atoms with Gasteiger partial charge < -0.3 is 9.64 Å². The Hall–Kier alpha value is -1.89. The summed E-state index contributed by atoms with van der Waals surface area (Å²) < 4.78 is 32.4. The summed E-state index contributed by atoms with van der Waals surface area (Å²) in [6, 6.07) is 15.8. The van der Waals surface area contributed by atoms with Crippen LogP contribution in [-0.2, 0) is 22.2 Å². The van der Waals surface area contributed by atoms with Gasteiger partial charge in [0.1, 0.15) is 5.75 Å². The van der Waals surface area contributed by atoms with E-state index in [0.29, 0.717) is 13.1 Å². The fourth-order valence-corrected chi connectivity index (χ4v) is 4.92.